The second-order valence-electron chi connectivity index (χ2n) is 6.54. The number of benzene rings is 1. The first-order valence-corrected chi connectivity index (χ1v) is 8.05. The van der Waals surface area contributed by atoms with Crippen LogP contribution in [0.3, 0.4) is 0 Å². The van der Waals surface area contributed by atoms with Gasteiger partial charge in [-0.05, 0) is 33.6 Å². The molecule has 1 saturated heterocycles. The minimum absolute atomic E-state index is 0.000917. The number of carbonyl (C=O) groups excluding carboxylic acids is 1. The molecule has 1 aromatic carbocycles. The van der Waals surface area contributed by atoms with Crippen LogP contribution in [0.15, 0.2) is 18.2 Å². The fourth-order valence-electron chi connectivity index (χ4n) is 3.26. The zero-order chi connectivity index (χ0) is 18.7. The van der Waals surface area contributed by atoms with Crippen molar-refractivity contribution in [3.8, 4) is 0 Å². The first kappa shape index (κ1) is 19.3. The number of amides is 1. The lowest BCUT2D eigenvalue weighted by Crippen LogP contribution is -2.38. The van der Waals surface area contributed by atoms with E-state index in [9.17, 15) is 23.5 Å². The summed E-state index contributed by atoms with van der Waals surface area (Å²) < 4.78 is 27.9. The molecule has 0 aliphatic carbocycles. The predicted molar refractivity (Wildman–Crippen MR) is 88.0 cm³/mol. The number of halogens is 2. The molecule has 0 radical (unpaired) electrons. The largest absolute Gasteiger partial charge is 0.480 e. The molecule has 1 aliphatic heterocycles. The first-order valence-electron chi connectivity index (χ1n) is 8.05. The van der Waals surface area contributed by atoms with E-state index in [1.165, 1.54) is 24.1 Å². The third-order valence-corrected chi connectivity index (χ3v) is 4.57. The molecule has 6 nitrogen and oxygen atoms in total. The first-order chi connectivity index (χ1) is 11.7. The fourth-order valence-corrected chi connectivity index (χ4v) is 3.26. The van der Waals surface area contributed by atoms with Crippen molar-refractivity contribution in [3.05, 3.63) is 35.4 Å². The Morgan fingerprint density at radius 1 is 1.36 bits per heavy atom. The third-order valence-electron chi connectivity index (χ3n) is 4.57. The molecule has 0 spiro atoms. The van der Waals surface area contributed by atoms with Crippen LogP contribution in [0.2, 0.25) is 0 Å². The molecule has 1 fully saturated rings. The summed E-state index contributed by atoms with van der Waals surface area (Å²) in [7, 11) is 5.24. The molecule has 1 aromatic rings. The highest BCUT2D eigenvalue weighted by atomic mass is 19.2. The molecule has 1 aliphatic rings. The van der Waals surface area contributed by atoms with Gasteiger partial charge in [0, 0.05) is 24.7 Å². The standard InChI is InChI=1S/C17H23F2N3O3/c1-21(2)8-7-20-16(23)11-9-13(17(24)25)22(3)15(11)10-5-4-6-12(18)14(10)19/h4-6,11,13,15H,7-9H2,1-3H3,(H,20,23)(H,24,25)/t11-,13-,15-/m0/s1. The van der Waals surface area contributed by atoms with E-state index < -0.39 is 35.6 Å². The number of carboxylic acid groups (broad SMARTS) is 1. The van der Waals surface area contributed by atoms with Gasteiger partial charge in [0.15, 0.2) is 11.6 Å². The number of likely N-dealkylation sites (N-methyl/N-ethyl adjacent to an activating group) is 2. The molecule has 3 atom stereocenters. The van der Waals surface area contributed by atoms with Gasteiger partial charge in [-0.2, -0.15) is 0 Å². The number of rotatable bonds is 6. The minimum atomic E-state index is -1.09. The Labute approximate surface area is 145 Å². The maximum Gasteiger partial charge on any atom is 0.320 e. The summed E-state index contributed by atoms with van der Waals surface area (Å²) in [6.45, 7) is 1.01. The van der Waals surface area contributed by atoms with Crippen LogP contribution in [-0.4, -0.2) is 67.1 Å². The van der Waals surface area contributed by atoms with Crippen LogP contribution in [0, 0.1) is 17.6 Å². The molecular formula is C17H23F2N3O3. The van der Waals surface area contributed by atoms with Crippen molar-refractivity contribution in [2.24, 2.45) is 5.92 Å². The summed E-state index contributed by atoms with van der Waals surface area (Å²) in [6.07, 6.45) is 0.0419. The lowest BCUT2D eigenvalue weighted by molar-refractivity contribution is -0.142. The second kappa shape index (κ2) is 7.88. The number of nitrogens with one attached hydrogen (secondary N) is 1. The molecule has 0 aromatic heterocycles. The maximum absolute atomic E-state index is 14.3. The van der Waals surface area contributed by atoms with E-state index in [1.807, 2.05) is 19.0 Å². The monoisotopic (exact) mass is 355 g/mol. The summed E-state index contributed by atoms with van der Waals surface area (Å²) in [5.74, 6) is -4.28. The van der Waals surface area contributed by atoms with Crippen molar-refractivity contribution in [2.75, 3.05) is 34.2 Å². The molecule has 0 bridgehead atoms. The topological polar surface area (TPSA) is 72.9 Å². The molecule has 2 N–H and O–H groups in total. The Kier molecular flexibility index (Phi) is 6.07. The maximum atomic E-state index is 14.3. The Morgan fingerprint density at radius 2 is 2.04 bits per heavy atom. The number of hydrogen-bond donors (Lipinski definition) is 2. The summed E-state index contributed by atoms with van der Waals surface area (Å²) >= 11 is 0. The number of carboxylic acids is 1. The normalized spacial score (nSPS) is 23.8. The van der Waals surface area contributed by atoms with Crippen LogP contribution in [0.1, 0.15) is 18.0 Å². The average molecular weight is 355 g/mol. The van der Waals surface area contributed by atoms with Crippen LogP contribution in [0.4, 0.5) is 8.78 Å². The van der Waals surface area contributed by atoms with E-state index in [0.29, 0.717) is 13.1 Å². The van der Waals surface area contributed by atoms with Gasteiger partial charge in [-0.3, -0.25) is 14.5 Å². The van der Waals surface area contributed by atoms with Crippen molar-refractivity contribution in [1.82, 2.24) is 15.1 Å². The van der Waals surface area contributed by atoms with Gasteiger partial charge in [-0.25, -0.2) is 8.78 Å². The van der Waals surface area contributed by atoms with Crippen LogP contribution >= 0.6 is 0 Å². The molecule has 0 saturated carbocycles. The SMILES string of the molecule is CN(C)CCNC(=O)[C@H]1C[C@@H](C(=O)O)N(C)[C@H]1c1cccc(F)c1F. The van der Waals surface area contributed by atoms with Gasteiger partial charge in [-0.15, -0.1) is 0 Å². The Bertz CT molecular complexity index is 654. The van der Waals surface area contributed by atoms with Crippen molar-refractivity contribution in [2.45, 2.75) is 18.5 Å². The van der Waals surface area contributed by atoms with Gasteiger partial charge in [0.1, 0.15) is 6.04 Å². The van der Waals surface area contributed by atoms with Crippen molar-refractivity contribution < 1.29 is 23.5 Å². The number of aliphatic carboxylic acids is 1. The zero-order valence-electron chi connectivity index (χ0n) is 14.5. The molecule has 0 unspecified atom stereocenters. The number of likely N-dealkylation sites (tertiary alicyclic amines) is 1. The summed E-state index contributed by atoms with van der Waals surface area (Å²) in [5.41, 5.74) is -0.000917. The zero-order valence-corrected chi connectivity index (χ0v) is 14.5. The van der Waals surface area contributed by atoms with Crippen LogP contribution in [0.5, 0.6) is 0 Å². The fraction of sp³-hybridized carbons (Fsp3) is 0.529. The summed E-state index contributed by atoms with van der Waals surface area (Å²) in [4.78, 5) is 27.3. The molecule has 8 heteroatoms. The Balaban J connectivity index is 2.29. The van der Waals surface area contributed by atoms with Gasteiger partial charge in [0.05, 0.1) is 5.92 Å². The lowest BCUT2D eigenvalue weighted by atomic mass is 9.92. The molecule has 138 valence electrons. The van der Waals surface area contributed by atoms with E-state index >= 15 is 0 Å². The van der Waals surface area contributed by atoms with Gasteiger partial charge in [-0.1, -0.05) is 12.1 Å². The Hall–Kier alpha value is -2.06. The lowest BCUT2D eigenvalue weighted by Gasteiger charge is -2.27. The highest BCUT2D eigenvalue weighted by molar-refractivity contribution is 5.83. The van der Waals surface area contributed by atoms with E-state index in [4.69, 9.17) is 0 Å². The molecule has 25 heavy (non-hydrogen) atoms. The summed E-state index contributed by atoms with van der Waals surface area (Å²) in [6, 6.07) is 1.98. The number of nitrogens with zero attached hydrogens (tertiary/aromatic N) is 2. The third kappa shape index (κ3) is 4.13. The predicted octanol–water partition coefficient (Wildman–Crippen LogP) is 1.09. The second-order valence-corrected chi connectivity index (χ2v) is 6.54. The molecule has 2 rings (SSSR count). The summed E-state index contributed by atoms with van der Waals surface area (Å²) in [5, 5.41) is 12.1. The van der Waals surface area contributed by atoms with E-state index in [1.54, 1.807) is 0 Å². The van der Waals surface area contributed by atoms with E-state index in [0.717, 1.165) is 6.07 Å². The smallest absolute Gasteiger partial charge is 0.320 e. The van der Waals surface area contributed by atoms with Gasteiger partial charge in [0.2, 0.25) is 5.91 Å². The number of carbonyl (C=O) groups is 2. The highest BCUT2D eigenvalue weighted by Gasteiger charge is 2.47. The van der Waals surface area contributed by atoms with Crippen molar-refractivity contribution >= 4 is 11.9 Å². The Morgan fingerprint density at radius 3 is 2.64 bits per heavy atom. The molecule has 1 heterocycles. The minimum Gasteiger partial charge on any atom is -0.480 e. The van der Waals surface area contributed by atoms with E-state index in [-0.39, 0.29) is 17.9 Å². The quantitative estimate of drug-likeness (QED) is 0.799. The molecule has 1 amide bonds. The van der Waals surface area contributed by atoms with Crippen molar-refractivity contribution in [1.29, 1.82) is 0 Å². The van der Waals surface area contributed by atoms with Gasteiger partial charge >= 0.3 is 5.97 Å². The molecular weight excluding hydrogens is 332 g/mol. The average Bonchev–Trinajstić information content (AvgIpc) is 2.87. The van der Waals surface area contributed by atoms with E-state index in [2.05, 4.69) is 5.32 Å². The van der Waals surface area contributed by atoms with Crippen molar-refractivity contribution in [3.63, 3.8) is 0 Å². The van der Waals surface area contributed by atoms with Crippen LogP contribution < -0.4 is 5.32 Å². The van der Waals surface area contributed by atoms with Crippen LogP contribution in [0.25, 0.3) is 0 Å². The van der Waals surface area contributed by atoms with Gasteiger partial charge in [0.25, 0.3) is 0 Å². The van der Waals surface area contributed by atoms with Gasteiger partial charge < -0.3 is 15.3 Å². The van der Waals surface area contributed by atoms with Crippen LogP contribution in [-0.2, 0) is 9.59 Å². The number of hydrogen-bond acceptors (Lipinski definition) is 4. The highest BCUT2D eigenvalue weighted by Crippen LogP contribution is 2.41.